The number of thioether (sulfide) groups is 1. The Hall–Kier alpha value is -6.82. The lowest BCUT2D eigenvalue weighted by molar-refractivity contribution is -0.388. The van der Waals surface area contributed by atoms with Gasteiger partial charge in [-0.25, -0.2) is 15.0 Å². The summed E-state index contributed by atoms with van der Waals surface area (Å²) in [6.07, 6.45) is 9.02. The van der Waals surface area contributed by atoms with E-state index < -0.39 is 20.7 Å². The van der Waals surface area contributed by atoms with Crippen molar-refractivity contribution in [1.82, 2.24) is 25.6 Å². The predicted molar refractivity (Wildman–Crippen MR) is 390 cm³/mol. The summed E-state index contributed by atoms with van der Waals surface area (Å²) in [4.78, 5) is 91.8. The number of hydrogen-bond acceptors (Lipinski definition) is 24. The van der Waals surface area contributed by atoms with E-state index in [1.165, 1.54) is 124 Å². The van der Waals surface area contributed by atoms with Gasteiger partial charge in [0.2, 0.25) is 0 Å². The van der Waals surface area contributed by atoms with Gasteiger partial charge in [-0.15, -0.1) is 11.8 Å². The van der Waals surface area contributed by atoms with Crippen LogP contribution in [-0.2, 0) is 32.3 Å². The molecule has 7 rings (SSSR count). The number of ketones is 2. The van der Waals surface area contributed by atoms with Crippen LogP contribution in [0, 0.1) is 30.3 Å². The third kappa shape index (κ3) is 37.6. The van der Waals surface area contributed by atoms with Crippen LogP contribution in [0.4, 0.5) is 17.1 Å². The van der Waals surface area contributed by atoms with Crippen LogP contribution in [-0.4, -0.2) is 71.6 Å². The summed E-state index contributed by atoms with van der Waals surface area (Å²) in [6.45, 7) is 27.1. The fourth-order valence-corrected chi connectivity index (χ4v) is 13.1. The lowest BCUT2D eigenvalue weighted by Gasteiger charge is -2.13. The summed E-state index contributed by atoms with van der Waals surface area (Å²) in [6, 6.07) is 38.4. The van der Waals surface area contributed by atoms with Gasteiger partial charge in [0.25, 0.3) is 0 Å². The number of ether oxygens (including phenoxy) is 2. The van der Waals surface area contributed by atoms with Gasteiger partial charge in [-0.3, -0.25) is 49.5 Å². The monoisotopic (exact) mass is 1410 g/mol. The average molecular weight is 1410 g/mol. The molecule has 0 spiro atoms. The minimum atomic E-state index is -0.478. The molecule has 3 aromatic heterocycles. The van der Waals surface area contributed by atoms with Crippen LogP contribution >= 0.6 is 76.5 Å². The van der Waals surface area contributed by atoms with Crippen molar-refractivity contribution in [1.29, 1.82) is 0 Å². The molecule has 0 aliphatic rings. The van der Waals surface area contributed by atoms with E-state index >= 15 is 0 Å². The van der Waals surface area contributed by atoms with Crippen LogP contribution in [0.15, 0.2) is 187 Å². The van der Waals surface area contributed by atoms with E-state index in [0.717, 1.165) is 36.6 Å². The third-order valence-corrected chi connectivity index (χ3v) is 18.2. The van der Waals surface area contributed by atoms with E-state index in [9.17, 15) is 49.5 Å². The molecule has 27 heteroatoms. The van der Waals surface area contributed by atoms with Crippen molar-refractivity contribution in [2.45, 2.75) is 184 Å². The van der Waals surface area contributed by atoms with E-state index in [0.29, 0.717) is 44.6 Å². The second-order valence-electron chi connectivity index (χ2n) is 17.6. The van der Waals surface area contributed by atoms with E-state index in [-0.39, 0.29) is 61.5 Å². The number of nitrogens with zero attached hydrogens (tertiary/aromatic N) is 6. The number of aromatic nitrogens is 3. The number of esters is 2. The molecule has 0 amide bonds. The fourth-order valence-electron chi connectivity index (χ4n) is 5.90. The number of para-hydroxylation sites is 2. The van der Waals surface area contributed by atoms with Crippen LogP contribution in [0.3, 0.4) is 0 Å². The van der Waals surface area contributed by atoms with Crippen molar-refractivity contribution >= 4 is 117 Å². The first-order chi connectivity index (χ1) is 43.6. The van der Waals surface area contributed by atoms with Crippen molar-refractivity contribution in [3.63, 3.8) is 0 Å². The van der Waals surface area contributed by atoms with Gasteiger partial charge in [-0.1, -0.05) is 165 Å². The van der Waals surface area contributed by atoms with Crippen molar-refractivity contribution in [3.8, 4) is 11.5 Å². The smallest absolute Gasteiger partial charge is 0.308 e. The standard InChI is InChI=1S/2C16H17N3O3S2.C13H10N2O4S2.C9H10O2S.2C3H8.2C2H6.2CH4/c2*1-11(12(2)20)18-10-13-6-3-4-8-15(13)23-24-16-14(19(21)22)7-5-9-17-16;1-9(16)19-11-6-2-3-7-12(11)20-21-13-10(15(17)18)5-4-8-14-13;1-7(10)11-8-5-3-4-6-9(8)12-2;2*1-3-2;2*1-2;;/h2*3-9,11,18H,10H2,1-2H3;2-8H,1H3;3-6H,1-2H3;2*3H2,1-2H3;2*1-2H3;2*1H4. The third-order valence-electron chi connectivity index (χ3n) is 10.3. The molecule has 0 radical (unpaired) electrons. The Labute approximate surface area is 577 Å². The lowest BCUT2D eigenvalue weighted by atomic mass is 10.2. The maximum Gasteiger partial charge on any atom is 0.308 e. The van der Waals surface area contributed by atoms with Crippen LogP contribution in [0.1, 0.15) is 136 Å². The molecular formula is C66H90N8O12S7. The first-order valence-corrected chi connectivity index (χ1v) is 36.3. The molecule has 2 N–H and O–H groups in total. The zero-order chi connectivity index (χ0) is 68.7. The SMILES string of the molecule is C.C.CC.CC.CC(=O)C(C)NCc1ccccc1SSc1ncccc1[N+](=O)[O-].CC(=O)C(C)NCc1ccccc1SSc1ncccc1[N+](=O)[O-].CC(=O)Oc1ccccc1SSc1ncccc1[N+](=O)[O-].CCC.CCC.CSc1ccccc1OC(C)=O. The van der Waals surface area contributed by atoms with Crippen molar-refractivity contribution < 1.29 is 43.4 Å². The highest BCUT2D eigenvalue weighted by Gasteiger charge is 2.20. The molecule has 0 saturated carbocycles. The molecule has 0 aliphatic heterocycles. The number of rotatable bonds is 23. The Morgan fingerprint density at radius 3 is 1.00 bits per heavy atom. The summed E-state index contributed by atoms with van der Waals surface area (Å²) in [5.74, 6) is 0.518. The molecule has 20 nitrogen and oxygen atoms in total. The quantitative estimate of drug-likeness (QED) is 0.0150. The predicted octanol–water partition coefficient (Wildman–Crippen LogP) is 19.9. The van der Waals surface area contributed by atoms with Gasteiger partial charge in [0, 0.05) is 78.4 Å². The number of pyridine rings is 3. The number of nitrogens with one attached hydrogen (secondary N) is 2. The van der Waals surface area contributed by atoms with E-state index in [4.69, 9.17) is 9.47 Å². The van der Waals surface area contributed by atoms with Crippen LogP contribution in [0.5, 0.6) is 11.5 Å². The maximum atomic E-state index is 11.3. The molecule has 0 bridgehead atoms. The topological polar surface area (TPSA) is 279 Å². The zero-order valence-electron chi connectivity index (χ0n) is 53.9. The Morgan fingerprint density at radius 1 is 0.441 bits per heavy atom. The Balaban J connectivity index is -0.00000112. The number of Topliss-reactive ketones (excluding diaryl/α,β-unsaturated/α-hetero) is 2. The van der Waals surface area contributed by atoms with Crippen LogP contribution in [0.2, 0.25) is 0 Å². The second-order valence-corrected chi connectivity index (χ2v) is 24.9. The van der Waals surface area contributed by atoms with Crippen LogP contribution < -0.4 is 20.1 Å². The Bertz CT molecular complexity index is 3190. The van der Waals surface area contributed by atoms with Crippen LogP contribution in [0.25, 0.3) is 0 Å². The first-order valence-electron chi connectivity index (χ1n) is 28.7. The fraction of sp³-hybridized carbons (Fsp3) is 0.348. The van der Waals surface area contributed by atoms with Gasteiger partial charge in [-0.2, -0.15) is 0 Å². The lowest BCUT2D eigenvalue weighted by Crippen LogP contribution is -2.31. The number of carbonyl (C=O) groups excluding carboxylic acids is 4. The summed E-state index contributed by atoms with van der Waals surface area (Å²) >= 11 is 1.56. The highest BCUT2D eigenvalue weighted by atomic mass is 33.1. The van der Waals surface area contributed by atoms with Crippen molar-refractivity contribution in [2.24, 2.45) is 0 Å². The molecule has 7 aromatic rings. The molecule has 4 aromatic carbocycles. The minimum Gasteiger partial charge on any atom is -0.426 e. The summed E-state index contributed by atoms with van der Waals surface area (Å²) in [7, 11) is 7.73. The van der Waals surface area contributed by atoms with E-state index in [1.54, 1.807) is 68.1 Å². The second kappa shape index (κ2) is 54.6. The minimum absolute atomic E-state index is 0. The largest absolute Gasteiger partial charge is 0.426 e. The molecule has 0 aliphatic carbocycles. The van der Waals surface area contributed by atoms with Crippen molar-refractivity contribution in [2.75, 3.05) is 6.26 Å². The highest BCUT2D eigenvalue weighted by Crippen LogP contribution is 2.45. The van der Waals surface area contributed by atoms with Gasteiger partial charge in [0.05, 0.1) is 31.7 Å². The summed E-state index contributed by atoms with van der Waals surface area (Å²) < 4.78 is 10.1. The zero-order valence-corrected chi connectivity index (χ0v) is 59.6. The van der Waals surface area contributed by atoms with Gasteiger partial charge >= 0.3 is 29.0 Å². The molecular weight excluding hydrogens is 1320 g/mol. The number of hydrogen-bond donors (Lipinski definition) is 2. The molecule has 508 valence electrons. The van der Waals surface area contributed by atoms with Crippen molar-refractivity contribution in [3.05, 3.63) is 194 Å². The highest BCUT2D eigenvalue weighted by molar-refractivity contribution is 8.77. The molecule has 93 heavy (non-hydrogen) atoms. The maximum absolute atomic E-state index is 11.3. The Kier molecular flexibility index (Phi) is 53.0. The van der Waals surface area contributed by atoms with E-state index in [2.05, 4.69) is 53.3 Å². The number of nitro groups is 3. The molecule has 2 unspecified atom stereocenters. The normalized spacial score (nSPS) is 10.2. The number of benzene rings is 4. The molecule has 0 saturated heterocycles. The number of carbonyl (C=O) groups is 4. The first kappa shape index (κ1) is 90.4. The summed E-state index contributed by atoms with van der Waals surface area (Å²) in [5, 5.41) is 40.4. The van der Waals surface area contributed by atoms with E-state index in [1.807, 2.05) is 115 Å². The average Bonchev–Trinajstić information content (AvgIpc) is 1.18. The molecule has 3 heterocycles. The van der Waals surface area contributed by atoms with Gasteiger partial charge in [0.15, 0.2) is 15.1 Å². The molecule has 2 atom stereocenters. The summed E-state index contributed by atoms with van der Waals surface area (Å²) in [5.41, 5.74) is 2.00. The Morgan fingerprint density at radius 2 is 0.710 bits per heavy atom. The molecule has 0 fully saturated rings. The van der Waals surface area contributed by atoms with Gasteiger partial charge < -0.3 is 20.1 Å². The van der Waals surface area contributed by atoms with Gasteiger partial charge in [-0.05, 0) is 143 Å². The van der Waals surface area contributed by atoms with Gasteiger partial charge in [0.1, 0.15) is 23.1 Å².